The van der Waals surface area contributed by atoms with Crippen LogP contribution in [0.25, 0.3) is 22.3 Å². The lowest BCUT2D eigenvalue weighted by atomic mass is 9.94. The first-order valence-electron chi connectivity index (χ1n) is 9.65. The standard InChI is InChI=1S/C23H24FNO4S/c1-3-4-9-29-22-12-20(30(2,27)28)11-21(17-5-7-19(24)8-6-17)23(22)18-10-16(15-26)13-25-14-18/h5-8,10-14,26H,3-4,9,15H2,1-2H3. The third-order valence-corrected chi connectivity index (χ3v) is 5.77. The molecule has 0 radical (unpaired) electrons. The number of hydrogen-bond donors (Lipinski definition) is 1. The third-order valence-electron chi connectivity index (χ3n) is 4.68. The molecule has 158 valence electrons. The van der Waals surface area contributed by atoms with E-state index in [0.29, 0.717) is 40.2 Å². The van der Waals surface area contributed by atoms with Crippen LogP contribution in [0.3, 0.4) is 0 Å². The number of halogens is 1. The number of hydrogen-bond acceptors (Lipinski definition) is 5. The molecular weight excluding hydrogens is 405 g/mol. The number of ether oxygens (including phenoxy) is 1. The Morgan fingerprint density at radius 2 is 1.80 bits per heavy atom. The number of aliphatic hydroxyl groups excluding tert-OH is 1. The van der Waals surface area contributed by atoms with Crippen LogP contribution in [-0.2, 0) is 16.4 Å². The van der Waals surface area contributed by atoms with E-state index in [1.807, 2.05) is 6.92 Å². The molecular formula is C23H24FNO4S. The highest BCUT2D eigenvalue weighted by Crippen LogP contribution is 2.41. The first kappa shape index (κ1) is 21.9. The van der Waals surface area contributed by atoms with Crippen molar-refractivity contribution in [1.82, 2.24) is 4.98 Å². The second-order valence-electron chi connectivity index (χ2n) is 7.07. The van der Waals surface area contributed by atoms with Crippen molar-refractivity contribution < 1.29 is 22.7 Å². The number of sulfone groups is 1. The number of aliphatic hydroxyl groups is 1. The molecule has 2 aromatic carbocycles. The highest BCUT2D eigenvalue weighted by Gasteiger charge is 2.20. The minimum Gasteiger partial charge on any atom is -0.493 e. The monoisotopic (exact) mass is 429 g/mol. The molecule has 0 bridgehead atoms. The SMILES string of the molecule is CCCCOc1cc(S(C)(=O)=O)cc(-c2ccc(F)cc2)c1-c1cncc(CO)c1. The summed E-state index contributed by atoms with van der Waals surface area (Å²) < 4.78 is 44.2. The van der Waals surface area contributed by atoms with Gasteiger partial charge in [-0.3, -0.25) is 4.98 Å². The Hall–Kier alpha value is -2.77. The molecule has 0 fully saturated rings. The molecule has 0 aliphatic rings. The largest absolute Gasteiger partial charge is 0.493 e. The fraction of sp³-hybridized carbons (Fsp3) is 0.261. The third kappa shape index (κ3) is 5.04. The van der Waals surface area contributed by atoms with Crippen LogP contribution in [0.2, 0.25) is 0 Å². The number of aromatic nitrogens is 1. The van der Waals surface area contributed by atoms with Gasteiger partial charge >= 0.3 is 0 Å². The van der Waals surface area contributed by atoms with E-state index >= 15 is 0 Å². The van der Waals surface area contributed by atoms with Gasteiger partial charge in [0.05, 0.1) is 18.1 Å². The van der Waals surface area contributed by atoms with E-state index in [9.17, 15) is 17.9 Å². The summed E-state index contributed by atoms with van der Waals surface area (Å²) in [6, 6.07) is 10.7. The van der Waals surface area contributed by atoms with Gasteiger partial charge in [0, 0.05) is 29.8 Å². The molecule has 3 aromatic rings. The number of pyridine rings is 1. The fourth-order valence-electron chi connectivity index (χ4n) is 3.11. The van der Waals surface area contributed by atoms with E-state index in [-0.39, 0.29) is 17.3 Å². The highest BCUT2D eigenvalue weighted by atomic mass is 32.2. The Morgan fingerprint density at radius 3 is 2.43 bits per heavy atom. The van der Waals surface area contributed by atoms with Gasteiger partial charge in [0.15, 0.2) is 9.84 Å². The molecule has 0 saturated heterocycles. The van der Waals surface area contributed by atoms with E-state index in [1.54, 1.807) is 36.7 Å². The summed E-state index contributed by atoms with van der Waals surface area (Å²) >= 11 is 0. The summed E-state index contributed by atoms with van der Waals surface area (Å²) in [5.74, 6) is 0.0190. The number of rotatable bonds is 8. The molecule has 0 atom stereocenters. The van der Waals surface area contributed by atoms with Gasteiger partial charge in [-0.15, -0.1) is 0 Å². The number of unbranched alkanes of at least 4 members (excludes halogenated alkanes) is 1. The Balaban J connectivity index is 2.32. The average molecular weight is 430 g/mol. The zero-order valence-electron chi connectivity index (χ0n) is 16.9. The van der Waals surface area contributed by atoms with Crippen LogP contribution in [0.15, 0.2) is 59.8 Å². The first-order valence-corrected chi connectivity index (χ1v) is 11.5. The van der Waals surface area contributed by atoms with Crippen LogP contribution < -0.4 is 4.74 Å². The Kier molecular flexibility index (Phi) is 6.84. The number of nitrogens with zero attached hydrogens (tertiary/aromatic N) is 1. The molecule has 1 aromatic heterocycles. The van der Waals surface area contributed by atoms with Gasteiger partial charge in [-0.25, -0.2) is 12.8 Å². The van der Waals surface area contributed by atoms with Crippen molar-refractivity contribution >= 4 is 9.84 Å². The van der Waals surface area contributed by atoms with Gasteiger partial charge in [0.25, 0.3) is 0 Å². The molecule has 0 spiro atoms. The molecule has 0 aliphatic heterocycles. The number of benzene rings is 2. The van der Waals surface area contributed by atoms with E-state index in [0.717, 1.165) is 19.1 Å². The topological polar surface area (TPSA) is 76.5 Å². The summed E-state index contributed by atoms with van der Waals surface area (Å²) in [6.45, 7) is 2.28. The van der Waals surface area contributed by atoms with E-state index in [2.05, 4.69) is 4.98 Å². The predicted molar refractivity (Wildman–Crippen MR) is 115 cm³/mol. The lowest BCUT2D eigenvalue weighted by Crippen LogP contribution is -2.04. The maximum atomic E-state index is 13.5. The molecule has 1 N–H and O–H groups in total. The average Bonchev–Trinajstić information content (AvgIpc) is 2.73. The molecule has 3 rings (SSSR count). The van der Waals surface area contributed by atoms with Crippen LogP contribution in [0.5, 0.6) is 5.75 Å². The smallest absolute Gasteiger partial charge is 0.175 e. The Morgan fingerprint density at radius 1 is 1.07 bits per heavy atom. The summed E-state index contributed by atoms with van der Waals surface area (Å²) in [7, 11) is -3.52. The van der Waals surface area contributed by atoms with Crippen LogP contribution in [0.4, 0.5) is 4.39 Å². The molecule has 30 heavy (non-hydrogen) atoms. The van der Waals surface area contributed by atoms with Gasteiger partial charge in [0.2, 0.25) is 0 Å². The summed E-state index contributed by atoms with van der Waals surface area (Å²) in [4.78, 5) is 4.31. The second-order valence-corrected chi connectivity index (χ2v) is 9.08. The molecule has 0 unspecified atom stereocenters. The minimum absolute atomic E-state index is 0.114. The molecule has 0 aliphatic carbocycles. The summed E-state index contributed by atoms with van der Waals surface area (Å²) in [6.07, 6.45) is 6.06. The van der Waals surface area contributed by atoms with Gasteiger partial charge in [0.1, 0.15) is 11.6 Å². The fourth-order valence-corrected chi connectivity index (χ4v) is 3.76. The maximum absolute atomic E-state index is 13.5. The first-order chi connectivity index (χ1) is 14.3. The molecule has 1 heterocycles. The Labute approximate surface area is 176 Å². The van der Waals surface area contributed by atoms with Gasteiger partial charge in [-0.2, -0.15) is 0 Å². The molecule has 0 saturated carbocycles. The van der Waals surface area contributed by atoms with Crippen LogP contribution >= 0.6 is 0 Å². The van der Waals surface area contributed by atoms with Crippen LogP contribution in [0, 0.1) is 5.82 Å². The van der Waals surface area contributed by atoms with Gasteiger partial charge < -0.3 is 9.84 Å². The van der Waals surface area contributed by atoms with Crippen molar-refractivity contribution in [2.75, 3.05) is 12.9 Å². The maximum Gasteiger partial charge on any atom is 0.175 e. The van der Waals surface area contributed by atoms with Crippen molar-refractivity contribution in [3.05, 3.63) is 66.2 Å². The Bertz CT molecular complexity index is 1130. The normalized spacial score (nSPS) is 11.5. The molecule has 0 amide bonds. The van der Waals surface area contributed by atoms with Gasteiger partial charge in [-0.1, -0.05) is 25.5 Å². The second kappa shape index (κ2) is 9.36. The highest BCUT2D eigenvalue weighted by molar-refractivity contribution is 7.90. The van der Waals surface area contributed by atoms with E-state index in [1.165, 1.54) is 18.2 Å². The van der Waals surface area contributed by atoms with Crippen molar-refractivity contribution in [3.63, 3.8) is 0 Å². The van der Waals surface area contributed by atoms with E-state index in [4.69, 9.17) is 4.74 Å². The van der Waals surface area contributed by atoms with Crippen molar-refractivity contribution in [2.45, 2.75) is 31.3 Å². The predicted octanol–water partition coefficient (Wildman–Crippen LogP) is 4.63. The zero-order valence-corrected chi connectivity index (χ0v) is 17.7. The lowest BCUT2D eigenvalue weighted by molar-refractivity contribution is 0.281. The van der Waals surface area contributed by atoms with Crippen molar-refractivity contribution in [1.29, 1.82) is 0 Å². The lowest BCUT2D eigenvalue weighted by Gasteiger charge is -2.18. The molecule has 5 nitrogen and oxygen atoms in total. The summed E-state index contributed by atoms with van der Waals surface area (Å²) in [5, 5.41) is 9.53. The summed E-state index contributed by atoms with van der Waals surface area (Å²) in [5.41, 5.74) is 3.16. The molecule has 7 heteroatoms. The quantitative estimate of drug-likeness (QED) is 0.529. The van der Waals surface area contributed by atoms with E-state index < -0.39 is 9.84 Å². The zero-order chi connectivity index (χ0) is 21.7. The van der Waals surface area contributed by atoms with Crippen LogP contribution in [-0.4, -0.2) is 31.4 Å². The van der Waals surface area contributed by atoms with Gasteiger partial charge in [-0.05, 0) is 53.4 Å². The minimum atomic E-state index is -3.52. The van der Waals surface area contributed by atoms with Crippen molar-refractivity contribution in [2.24, 2.45) is 0 Å². The van der Waals surface area contributed by atoms with Crippen molar-refractivity contribution in [3.8, 4) is 28.0 Å². The van der Waals surface area contributed by atoms with Crippen LogP contribution in [0.1, 0.15) is 25.3 Å².